The number of amides is 2. The van der Waals surface area contributed by atoms with Crippen LogP contribution in [-0.2, 0) is 19.1 Å². The second-order valence-electron chi connectivity index (χ2n) is 8.69. The molecule has 1 N–H and O–H groups in total. The van der Waals surface area contributed by atoms with Gasteiger partial charge in [-0.15, -0.1) is 0 Å². The minimum atomic E-state index is -0.0527. The van der Waals surface area contributed by atoms with Gasteiger partial charge in [0.2, 0.25) is 11.8 Å². The maximum atomic E-state index is 12.9. The first-order valence-electron chi connectivity index (χ1n) is 10.2. The van der Waals surface area contributed by atoms with Gasteiger partial charge in [0.15, 0.2) is 0 Å². The second kappa shape index (κ2) is 8.26. The van der Waals surface area contributed by atoms with Gasteiger partial charge in [0.05, 0.1) is 24.0 Å². The third kappa shape index (κ3) is 4.39. The Morgan fingerprint density at radius 3 is 2.31 bits per heavy atom. The van der Waals surface area contributed by atoms with Crippen LogP contribution in [0.2, 0.25) is 0 Å². The molecule has 26 heavy (non-hydrogen) atoms. The maximum absolute atomic E-state index is 12.9. The van der Waals surface area contributed by atoms with Gasteiger partial charge in [0.25, 0.3) is 0 Å². The molecule has 0 bridgehead atoms. The van der Waals surface area contributed by atoms with Crippen molar-refractivity contribution >= 4 is 11.8 Å². The molecule has 2 amide bonds. The molecule has 0 aromatic heterocycles. The van der Waals surface area contributed by atoms with Gasteiger partial charge in [0.1, 0.15) is 0 Å². The van der Waals surface area contributed by atoms with Crippen molar-refractivity contribution in [2.24, 2.45) is 17.3 Å². The Labute approximate surface area is 157 Å². The average molecular weight is 367 g/mol. The predicted octanol–water partition coefficient (Wildman–Crippen LogP) is 1.97. The van der Waals surface area contributed by atoms with E-state index in [2.05, 4.69) is 12.2 Å². The summed E-state index contributed by atoms with van der Waals surface area (Å²) < 4.78 is 11.3. The van der Waals surface area contributed by atoms with Crippen molar-refractivity contribution < 1.29 is 19.1 Å². The monoisotopic (exact) mass is 366 g/mol. The molecule has 0 aromatic carbocycles. The summed E-state index contributed by atoms with van der Waals surface area (Å²) in [5.41, 5.74) is -0.0527. The van der Waals surface area contributed by atoms with Crippen LogP contribution >= 0.6 is 0 Å². The molecule has 3 rings (SSSR count). The van der Waals surface area contributed by atoms with Crippen molar-refractivity contribution in [2.45, 2.75) is 65.1 Å². The summed E-state index contributed by atoms with van der Waals surface area (Å²) in [5, 5.41) is 3.13. The Kier molecular flexibility index (Phi) is 6.23. The molecule has 3 fully saturated rings. The fourth-order valence-electron chi connectivity index (χ4n) is 4.54. The van der Waals surface area contributed by atoms with Gasteiger partial charge in [-0.1, -0.05) is 6.92 Å². The van der Waals surface area contributed by atoms with Crippen LogP contribution in [0.15, 0.2) is 0 Å². The number of nitrogens with one attached hydrogen (secondary N) is 1. The summed E-state index contributed by atoms with van der Waals surface area (Å²) in [6, 6.07) is 0. The van der Waals surface area contributed by atoms with Crippen molar-refractivity contribution in [1.29, 1.82) is 0 Å². The molecule has 3 aliphatic heterocycles. The molecule has 0 saturated carbocycles. The number of carbonyl (C=O) groups is 2. The lowest BCUT2D eigenvalue weighted by Crippen LogP contribution is -2.46. The summed E-state index contributed by atoms with van der Waals surface area (Å²) >= 11 is 0. The van der Waals surface area contributed by atoms with Gasteiger partial charge in [0, 0.05) is 38.3 Å². The first-order chi connectivity index (χ1) is 12.4. The Morgan fingerprint density at radius 1 is 1.08 bits per heavy atom. The van der Waals surface area contributed by atoms with Crippen molar-refractivity contribution in [1.82, 2.24) is 10.2 Å². The molecule has 3 aliphatic rings. The zero-order chi connectivity index (χ0) is 18.7. The van der Waals surface area contributed by atoms with E-state index in [1.165, 1.54) is 0 Å². The number of carbonyl (C=O) groups excluding carboxylic acids is 2. The van der Waals surface area contributed by atoms with Crippen molar-refractivity contribution in [3.63, 3.8) is 0 Å². The zero-order valence-corrected chi connectivity index (χ0v) is 16.5. The third-order valence-corrected chi connectivity index (χ3v) is 6.43. The maximum Gasteiger partial charge on any atom is 0.228 e. The van der Waals surface area contributed by atoms with E-state index >= 15 is 0 Å². The summed E-state index contributed by atoms with van der Waals surface area (Å²) in [7, 11) is 0. The molecule has 5 atom stereocenters. The average Bonchev–Trinajstić information content (AvgIpc) is 3.03. The molecule has 3 saturated heterocycles. The first-order valence-corrected chi connectivity index (χ1v) is 10.2. The van der Waals surface area contributed by atoms with Crippen LogP contribution in [0.4, 0.5) is 0 Å². The molecular formula is C20H34N2O4. The molecule has 3 heterocycles. The van der Waals surface area contributed by atoms with Crippen LogP contribution in [0.3, 0.4) is 0 Å². The Balaban J connectivity index is 1.50. The van der Waals surface area contributed by atoms with Crippen molar-refractivity contribution in [3.8, 4) is 0 Å². The van der Waals surface area contributed by atoms with E-state index in [9.17, 15) is 9.59 Å². The highest BCUT2D eigenvalue weighted by Gasteiger charge is 2.40. The molecular weight excluding hydrogens is 332 g/mol. The van der Waals surface area contributed by atoms with E-state index in [0.29, 0.717) is 13.1 Å². The highest BCUT2D eigenvalue weighted by molar-refractivity contribution is 5.80. The van der Waals surface area contributed by atoms with Gasteiger partial charge >= 0.3 is 0 Å². The van der Waals surface area contributed by atoms with Crippen molar-refractivity contribution in [2.75, 3.05) is 32.8 Å². The molecule has 148 valence electrons. The molecule has 0 aromatic rings. The standard InChI is InChI=1S/C20H34N2O4/c1-14-16(6-4-10-25-14)18(23)21-12-20(3)8-9-22(13-20)19(24)17-7-5-11-26-15(17)2/h14-17H,4-13H2,1-3H3,(H,21,23). The Bertz CT molecular complexity index is 526. The van der Waals surface area contributed by atoms with E-state index in [1.54, 1.807) is 0 Å². The molecule has 0 spiro atoms. The van der Waals surface area contributed by atoms with Gasteiger partial charge in [-0.3, -0.25) is 9.59 Å². The number of hydrogen-bond acceptors (Lipinski definition) is 4. The number of likely N-dealkylation sites (tertiary alicyclic amines) is 1. The number of ether oxygens (including phenoxy) is 2. The zero-order valence-electron chi connectivity index (χ0n) is 16.5. The minimum Gasteiger partial charge on any atom is -0.378 e. The van der Waals surface area contributed by atoms with Crippen LogP contribution < -0.4 is 5.32 Å². The normalized spacial score (nSPS) is 38.2. The lowest BCUT2D eigenvalue weighted by molar-refractivity contribution is -0.143. The molecule has 0 radical (unpaired) electrons. The van der Waals surface area contributed by atoms with Gasteiger partial charge in [-0.05, 0) is 46.0 Å². The van der Waals surface area contributed by atoms with Gasteiger partial charge in [-0.2, -0.15) is 0 Å². The minimum absolute atomic E-state index is 0.00833. The van der Waals surface area contributed by atoms with Crippen molar-refractivity contribution in [3.05, 3.63) is 0 Å². The second-order valence-corrected chi connectivity index (χ2v) is 8.69. The Morgan fingerprint density at radius 2 is 1.69 bits per heavy atom. The summed E-state index contributed by atoms with van der Waals surface area (Å²) in [6.45, 7) is 9.78. The fourth-order valence-corrected chi connectivity index (χ4v) is 4.54. The van der Waals surface area contributed by atoms with Gasteiger partial charge < -0.3 is 19.7 Å². The van der Waals surface area contributed by atoms with E-state index in [1.807, 2.05) is 18.7 Å². The molecule has 6 heteroatoms. The summed E-state index contributed by atoms with van der Waals surface area (Å²) in [5.74, 6) is 0.256. The highest BCUT2D eigenvalue weighted by atomic mass is 16.5. The number of rotatable bonds is 4. The van der Waals surface area contributed by atoms with Crippen LogP contribution in [0.5, 0.6) is 0 Å². The SMILES string of the molecule is CC1OCCCC1C(=O)NCC1(C)CCN(C(=O)C2CCCOC2C)C1. The lowest BCUT2D eigenvalue weighted by Gasteiger charge is -2.33. The highest BCUT2D eigenvalue weighted by Crippen LogP contribution is 2.32. The fraction of sp³-hybridized carbons (Fsp3) is 0.900. The molecule has 5 unspecified atom stereocenters. The summed E-state index contributed by atoms with van der Waals surface area (Å²) in [6.07, 6.45) is 4.66. The quantitative estimate of drug-likeness (QED) is 0.826. The largest absolute Gasteiger partial charge is 0.378 e. The van der Waals surface area contributed by atoms with Gasteiger partial charge in [-0.25, -0.2) is 0 Å². The predicted molar refractivity (Wildman–Crippen MR) is 98.6 cm³/mol. The van der Waals surface area contributed by atoms with E-state index in [0.717, 1.165) is 51.9 Å². The number of nitrogens with zero attached hydrogens (tertiary/aromatic N) is 1. The van der Waals surface area contributed by atoms with E-state index in [4.69, 9.17) is 9.47 Å². The number of hydrogen-bond donors (Lipinski definition) is 1. The van der Waals surface area contributed by atoms with E-state index < -0.39 is 0 Å². The van der Waals surface area contributed by atoms with Crippen LogP contribution in [-0.4, -0.2) is 61.8 Å². The van der Waals surface area contributed by atoms with Crippen LogP contribution in [0.1, 0.15) is 52.9 Å². The topological polar surface area (TPSA) is 67.9 Å². The Hall–Kier alpha value is -1.14. The molecule has 0 aliphatic carbocycles. The first kappa shape index (κ1) is 19.6. The summed E-state index contributed by atoms with van der Waals surface area (Å²) in [4.78, 5) is 27.4. The van der Waals surface area contributed by atoms with E-state index in [-0.39, 0.29) is 41.3 Å². The molecule has 6 nitrogen and oxygen atoms in total. The van der Waals surface area contributed by atoms with Crippen LogP contribution in [0, 0.1) is 17.3 Å². The lowest BCUT2D eigenvalue weighted by atomic mass is 9.88. The third-order valence-electron chi connectivity index (χ3n) is 6.43. The van der Waals surface area contributed by atoms with Crippen LogP contribution in [0.25, 0.3) is 0 Å². The smallest absolute Gasteiger partial charge is 0.228 e.